The summed E-state index contributed by atoms with van der Waals surface area (Å²) in [5.74, 6) is -0.981. The third-order valence-corrected chi connectivity index (χ3v) is 4.19. The first-order valence-corrected chi connectivity index (χ1v) is 7.32. The highest BCUT2D eigenvalue weighted by Crippen LogP contribution is 2.36. The Kier molecular flexibility index (Phi) is 6.20. The fourth-order valence-electron chi connectivity index (χ4n) is 1.86. The topological polar surface area (TPSA) is 60.4 Å². The molecule has 1 aromatic rings. The highest BCUT2D eigenvalue weighted by Gasteiger charge is 2.44. The Morgan fingerprint density at radius 1 is 1.24 bits per heavy atom. The van der Waals surface area contributed by atoms with Crippen molar-refractivity contribution in [3.63, 3.8) is 0 Å². The van der Waals surface area contributed by atoms with Crippen LogP contribution in [0, 0.1) is 5.41 Å². The van der Waals surface area contributed by atoms with Crippen molar-refractivity contribution in [2.75, 3.05) is 0 Å². The molecule has 114 valence electrons. The number of carbonyl (C=O) groups excluding carboxylic acids is 3. The van der Waals surface area contributed by atoms with E-state index in [1.165, 1.54) is 12.1 Å². The Morgan fingerprint density at radius 2 is 1.81 bits per heavy atom. The Hall–Kier alpha value is -1.10. The minimum atomic E-state index is -1.47. The predicted octanol–water partition coefficient (Wildman–Crippen LogP) is 4.28. The molecule has 0 spiro atoms. The van der Waals surface area contributed by atoms with Crippen molar-refractivity contribution in [1.82, 2.24) is 0 Å². The summed E-state index contributed by atoms with van der Waals surface area (Å²) in [6.07, 6.45) is 0.807. The second kappa shape index (κ2) is 7.25. The summed E-state index contributed by atoms with van der Waals surface area (Å²) in [6.45, 7) is 3.30. The van der Waals surface area contributed by atoms with Crippen LogP contribution in [0.1, 0.15) is 37.0 Å². The SMILES string of the molecule is CCC(CC)(C(=O)Cl)C(=O)Oc1c(Cl)cc(Cl)cc1C=O. The smallest absolute Gasteiger partial charge is 0.326 e. The van der Waals surface area contributed by atoms with E-state index in [4.69, 9.17) is 39.5 Å². The van der Waals surface area contributed by atoms with E-state index < -0.39 is 16.6 Å². The van der Waals surface area contributed by atoms with Gasteiger partial charge in [-0.1, -0.05) is 37.0 Å². The summed E-state index contributed by atoms with van der Waals surface area (Å²) in [7, 11) is 0. The van der Waals surface area contributed by atoms with Crippen LogP contribution in [0.25, 0.3) is 0 Å². The molecule has 0 aliphatic heterocycles. The molecule has 0 aliphatic rings. The lowest BCUT2D eigenvalue weighted by atomic mass is 9.84. The summed E-state index contributed by atoms with van der Waals surface area (Å²) in [4.78, 5) is 34.9. The second-order valence-electron chi connectivity index (χ2n) is 4.38. The Morgan fingerprint density at radius 3 is 2.24 bits per heavy atom. The zero-order chi connectivity index (χ0) is 16.2. The van der Waals surface area contributed by atoms with Crippen LogP contribution in [-0.2, 0) is 9.59 Å². The lowest BCUT2D eigenvalue weighted by Gasteiger charge is -2.25. The second-order valence-corrected chi connectivity index (χ2v) is 5.56. The molecule has 4 nitrogen and oxygen atoms in total. The van der Waals surface area contributed by atoms with E-state index in [2.05, 4.69) is 0 Å². The number of benzene rings is 1. The van der Waals surface area contributed by atoms with Gasteiger partial charge in [-0.3, -0.25) is 14.4 Å². The van der Waals surface area contributed by atoms with E-state index >= 15 is 0 Å². The lowest BCUT2D eigenvalue weighted by Crippen LogP contribution is -2.39. The van der Waals surface area contributed by atoms with E-state index in [0.717, 1.165) is 0 Å². The Labute approximate surface area is 137 Å². The number of aldehydes is 1. The third-order valence-electron chi connectivity index (χ3n) is 3.33. The molecule has 0 fully saturated rings. The normalized spacial score (nSPS) is 11.1. The van der Waals surface area contributed by atoms with Crippen LogP contribution in [0.2, 0.25) is 10.0 Å². The van der Waals surface area contributed by atoms with Crippen LogP contribution in [0.3, 0.4) is 0 Å². The van der Waals surface area contributed by atoms with Crippen molar-refractivity contribution >= 4 is 52.3 Å². The summed E-state index contributed by atoms with van der Waals surface area (Å²) >= 11 is 17.2. The first kappa shape index (κ1) is 18.0. The molecule has 7 heteroatoms. The van der Waals surface area contributed by atoms with Crippen molar-refractivity contribution in [1.29, 1.82) is 0 Å². The van der Waals surface area contributed by atoms with Crippen molar-refractivity contribution < 1.29 is 19.1 Å². The van der Waals surface area contributed by atoms with Gasteiger partial charge in [-0.2, -0.15) is 0 Å². The number of ether oxygens (including phenoxy) is 1. The first-order valence-electron chi connectivity index (χ1n) is 6.18. The standard InChI is InChI=1S/C14H13Cl3O4/c1-3-14(4-2,12(17)19)13(20)21-11-8(7-18)5-9(15)6-10(11)16/h5-7H,3-4H2,1-2H3. The van der Waals surface area contributed by atoms with Crippen LogP contribution in [0.15, 0.2) is 12.1 Å². The van der Waals surface area contributed by atoms with Crippen LogP contribution >= 0.6 is 34.8 Å². The molecule has 1 aromatic carbocycles. The largest absolute Gasteiger partial charge is 0.423 e. The molecule has 0 aromatic heterocycles. The molecule has 0 radical (unpaired) electrons. The molecule has 0 saturated heterocycles. The van der Waals surface area contributed by atoms with Gasteiger partial charge >= 0.3 is 5.97 Å². The molecule has 0 aliphatic carbocycles. The monoisotopic (exact) mass is 350 g/mol. The molecule has 0 amide bonds. The number of carbonyl (C=O) groups is 3. The summed E-state index contributed by atoms with van der Waals surface area (Å²) in [5.41, 5.74) is -1.45. The van der Waals surface area contributed by atoms with Crippen molar-refractivity contribution in [3.05, 3.63) is 27.7 Å². The van der Waals surface area contributed by atoms with Gasteiger partial charge in [0, 0.05) is 5.02 Å². The zero-order valence-electron chi connectivity index (χ0n) is 11.4. The van der Waals surface area contributed by atoms with Gasteiger partial charge in [0.25, 0.3) is 0 Å². The number of hydrogen-bond donors (Lipinski definition) is 0. The maximum Gasteiger partial charge on any atom is 0.326 e. The van der Waals surface area contributed by atoms with Gasteiger partial charge in [0.05, 0.1) is 10.6 Å². The van der Waals surface area contributed by atoms with Crippen molar-refractivity contribution in [2.45, 2.75) is 26.7 Å². The molecule has 0 unspecified atom stereocenters. The summed E-state index contributed by atoms with van der Waals surface area (Å²) in [5, 5.41) is -0.580. The minimum Gasteiger partial charge on any atom is -0.423 e. The highest BCUT2D eigenvalue weighted by molar-refractivity contribution is 6.66. The maximum absolute atomic E-state index is 12.3. The van der Waals surface area contributed by atoms with Gasteiger partial charge in [-0.05, 0) is 36.6 Å². The zero-order valence-corrected chi connectivity index (χ0v) is 13.7. The molecular weight excluding hydrogens is 339 g/mol. The van der Waals surface area contributed by atoms with Gasteiger partial charge in [0.15, 0.2) is 12.0 Å². The number of hydrogen-bond acceptors (Lipinski definition) is 4. The Bertz CT molecular complexity index is 580. The highest BCUT2D eigenvalue weighted by atomic mass is 35.5. The van der Waals surface area contributed by atoms with Crippen molar-refractivity contribution in [3.8, 4) is 5.75 Å². The summed E-state index contributed by atoms with van der Waals surface area (Å²) in [6, 6.07) is 2.64. The van der Waals surface area contributed by atoms with Gasteiger partial charge in [0.2, 0.25) is 5.24 Å². The van der Waals surface area contributed by atoms with Gasteiger partial charge in [-0.15, -0.1) is 0 Å². The van der Waals surface area contributed by atoms with Crippen LogP contribution in [0.5, 0.6) is 5.75 Å². The van der Waals surface area contributed by atoms with E-state index in [1.54, 1.807) is 13.8 Å². The van der Waals surface area contributed by atoms with Crippen molar-refractivity contribution in [2.24, 2.45) is 5.41 Å². The predicted molar refractivity (Wildman–Crippen MR) is 81.4 cm³/mol. The van der Waals surface area contributed by atoms with E-state index in [0.29, 0.717) is 6.29 Å². The number of rotatable bonds is 6. The third kappa shape index (κ3) is 3.57. The number of halogens is 3. The quantitative estimate of drug-likeness (QED) is 0.252. The first-order chi connectivity index (χ1) is 9.82. The molecule has 0 N–H and O–H groups in total. The van der Waals surface area contributed by atoms with Crippen LogP contribution in [-0.4, -0.2) is 17.5 Å². The molecule has 0 atom stereocenters. The molecule has 21 heavy (non-hydrogen) atoms. The van der Waals surface area contributed by atoms with Crippen LogP contribution < -0.4 is 4.74 Å². The fourth-order valence-corrected chi connectivity index (χ4v) is 2.75. The minimum absolute atomic E-state index is 0.000998. The molecule has 0 saturated carbocycles. The number of esters is 1. The van der Waals surface area contributed by atoms with Gasteiger partial charge in [0.1, 0.15) is 5.41 Å². The van der Waals surface area contributed by atoms with Crippen LogP contribution in [0.4, 0.5) is 0 Å². The van der Waals surface area contributed by atoms with E-state index in [1.807, 2.05) is 0 Å². The maximum atomic E-state index is 12.3. The van der Waals surface area contributed by atoms with Gasteiger partial charge < -0.3 is 4.74 Å². The summed E-state index contributed by atoms with van der Waals surface area (Å²) < 4.78 is 5.16. The van der Waals surface area contributed by atoms with Gasteiger partial charge in [-0.25, -0.2) is 0 Å². The van der Waals surface area contributed by atoms with E-state index in [9.17, 15) is 14.4 Å². The average molecular weight is 352 g/mol. The average Bonchev–Trinajstić information content (AvgIpc) is 2.43. The molecular formula is C14H13Cl3O4. The molecule has 1 rings (SSSR count). The lowest BCUT2D eigenvalue weighted by molar-refractivity contribution is -0.150. The Balaban J connectivity index is 3.25. The fraction of sp³-hybridized carbons (Fsp3) is 0.357. The molecule has 0 heterocycles. The van der Waals surface area contributed by atoms with E-state index in [-0.39, 0.29) is 34.2 Å². The molecule has 0 bridgehead atoms.